The molecule has 3 heteroatoms. The topological polar surface area (TPSA) is 29.1 Å². The Bertz CT molecular complexity index is 799. The zero-order chi connectivity index (χ0) is 18.4. The molecule has 3 rings (SSSR count). The molecule has 0 saturated heterocycles. The number of hydrogen-bond acceptors (Lipinski definition) is 1. The second-order valence-electron chi connectivity index (χ2n) is 6.52. The quantitative estimate of drug-likeness (QED) is 0.694. The molecule has 3 aromatic rings. The molecule has 0 bridgehead atoms. The summed E-state index contributed by atoms with van der Waals surface area (Å²) >= 11 is 0. The van der Waals surface area contributed by atoms with Gasteiger partial charge in [-0.2, -0.15) is 0 Å². The lowest BCUT2D eigenvalue weighted by Gasteiger charge is -2.28. The van der Waals surface area contributed by atoms with Crippen molar-refractivity contribution in [1.82, 2.24) is 5.32 Å². The van der Waals surface area contributed by atoms with E-state index < -0.39 is 6.89 Å². The number of hydrogen-bond donors (Lipinski definition) is 1. The van der Waals surface area contributed by atoms with E-state index in [1.807, 2.05) is 74.2 Å². The number of nitrogens with one attached hydrogen (secondary N) is 1. The second kappa shape index (κ2) is 8.21. The smallest absolute Gasteiger partial charge is 0.245 e. The molecule has 0 atom stereocenters. The summed E-state index contributed by atoms with van der Waals surface area (Å²) in [6.45, 7) is 1.77. The molecule has 0 saturated carbocycles. The molecular weight excluding hydrogens is 337 g/mol. The van der Waals surface area contributed by atoms with Crippen molar-refractivity contribution in [2.45, 2.75) is 19.9 Å². The third-order valence-electron chi connectivity index (χ3n) is 4.23. The first-order chi connectivity index (χ1) is 12.6. The largest absolute Gasteiger partial charge is 0.350 e. The van der Waals surface area contributed by atoms with Crippen LogP contribution in [-0.2, 0) is 4.79 Å². The summed E-state index contributed by atoms with van der Waals surface area (Å²) < 4.78 is 0. The van der Waals surface area contributed by atoms with E-state index >= 15 is 0 Å². The van der Waals surface area contributed by atoms with Gasteiger partial charge in [0.1, 0.15) is 0 Å². The average Bonchev–Trinajstić information content (AvgIpc) is 2.67. The standard InChI is InChI=1S/C23H24NOP/c1-19(2)24-23(25)18-26(20-12-6-3-7-13-20,21-14-8-4-9-15-21)22-16-10-5-11-17-22/h3-19H,1-2H3,(H,24,25). The number of carbonyl (C=O) groups excluding carboxylic acids is 1. The normalized spacial score (nSPS) is 11.2. The summed E-state index contributed by atoms with van der Waals surface area (Å²) in [5.74, 6) is 1.90. The lowest BCUT2D eigenvalue weighted by atomic mass is 10.4. The summed E-state index contributed by atoms with van der Waals surface area (Å²) in [6, 6.07) is 31.2. The van der Waals surface area contributed by atoms with Gasteiger partial charge in [0.2, 0.25) is 5.91 Å². The summed E-state index contributed by atoms with van der Waals surface area (Å²) in [5, 5.41) is 6.57. The molecule has 0 aromatic heterocycles. The maximum atomic E-state index is 12.9. The van der Waals surface area contributed by atoms with Crippen LogP contribution in [0.5, 0.6) is 0 Å². The molecular formula is C23H24NOP. The Kier molecular flexibility index (Phi) is 5.75. The van der Waals surface area contributed by atoms with Crippen LogP contribution in [0.1, 0.15) is 13.8 Å². The predicted octanol–water partition coefficient (Wildman–Crippen LogP) is 3.31. The minimum absolute atomic E-state index is 0.0232. The van der Waals surface area contributed by atoms with E-state index in [-0.39, 0.29) is 11.9 Å². The lowest BCUT2D eigenvalue weighted by Crippen LogP contribution is -2.35. The minimum atomic E-state index is -2.20. The number of amides is 1. The fourth-order valence-electron chi connectivity index (χ4n) is 3.16. The van der Waals surface area contributed by atoms with Crippen LogP contribution in [0, 0.1) is 0 Å². The first-order valence-electron chi connectivity index (χ1n) is 8.85. The second-order valence-corrected chi connectivity index (χ2v) is 9.77. The highest BCUT2D eigenvalue weighted by Crippen LogP contribution is 2.43. The molecule has 0 spiro atoms. The van der Waals surface area contributed by atoms with Crippen LogP contribution < -0.4 is 21.2 Å². The summed E-state index contributed by atoms with van der Waals surface area (Å²) in [4.78, 5) is 12.9. The van der Waals surface area contributed by atoms with Crippen LogP contribution in [0.3, 0.4) is 0 Å². The Hall–Kier alpha value is -2.57. The molecule has 26 heavy (non-hydrogen) atoms. The zero-order valence-electron chi connectivity index (χ0n) is 15.2. The Morgan fingerprint density at radius 1 is 0.731 bits per heavy atom. The molecule has 0 aliphatic rings. The molecule has 0 radical (unpaired) electrons. The van der Waals surface area contributed by atoms with E-state index in [4.69, 9.17) is 0 Å². The Labute approximate surface area is 155 Å². The first kappa shape index (κ1) is 18.2. The molecule has 0 aliphatic carbocycles. The Morgan fingerprint density at radius 3 is 1.38 bits per heavy atom. The maximum absolute atomic E-state index is 12.9. The molecule has 2 nitrogen and oxygen atoms in total. The SMILES string of the molecule is CC(C)NC(=O)C=P(c1ccccc1)(c1ccccc1)c1ccccc1. The summed E-state index contributed by atoms with van der Waals surface area (Å²) in [5.41, 5.74) is 0. The van der Waals surface area contributed by atoms with E-state index in [1.54, 1.807) is 0 Å². The molecule has 132 valence electrons. The Balaban J connectivity index is 2.36. The van der Waals surface area contributed by atoms with Crippen LogP contribution in [0.25, 0.3) is 0 Å². The van der Waals surface area contributed by atoms with Gasteiger partial charge in [-0.15, -0.1) is 0 Å². The third-order valence-corrected chi connectivity index (χ3v) is 8.19. The highest BCUT2D eigenvalue weighted by molar-refractivity contribution is 7.95. The van der Waals surface area contributed by atoms with Crippen molar-refractivity contribution in [2.24, 2.45) is 0 Å². The monoisotopic (exact) mass is 361 g/mol. The van der Waals surface area contributed by atoms with Crippen molar-refractivity contribution < 1.29 is 4.79 Å². The maximum Gasteiger partial charge on any atom is 0.245 e. The Morgan fingerprint density at radius 2 is 1.08 bits per heavy atom. The van der Waals surface area contributed by atoms with Crippen molar-refractivity contribution in [2.75, 3.05) is 0 Å². The van der Waals surface area contributed by atoms with E-state index in [2.05, 4.69) is 41.7 Å². The zero-order valence-corrected chi connectivity index (χ0v) is 16.1. The van der Waals surface area contributed by atoms with Crippen molar-refractivity contribution in [1.29, 1.82) is 0 Å². The van der Waals surface area contributed by atoms with Crippen molar-refractivity contribution in [3.05, 3.63) is 91.0 Å². The van der Waals surface area contributed by atoms with Gasteiger partial charge in [-0.3, -0.25) is 4.79 Å². The van der Waals surface area contributed by atoms with Crippen molar-refractivity contribution in [3.63, 3.8) is 0 Å². The molecule has 0 aliphatic heterocycles. The lowest BCUT2D eigenvalue weighted by molar-refractivity contribution is -0.114. The van der Waals surface area contributed by atoms with E-state index in [0.717, 1.165) is 0 Å². The van der Waals surface area contributed by atoms with E-state index in [0.29, 0.717) is 0 Å². The molecule has 1 N–H and O–H groups in total. The van der Waals surface area contributed by atoms with Gasteiger partial charge in [0.05, 0.1) is 0 Å². The van der Waals surface area contributed by atoms with Crippen LogP contribution in [0.15, 0.2) is 91.0 Å². The molecule has 0 fully saturated rings. The van der Waals surface area contributed by atoms with Crippen LogP contribution in [0.2, 0.25) is 0 Å². The van der Waals surface area contributed by atoms with E-state index in [1.165, 1.54) is 15.9 Å². The number of carbonyl (C=O) groups is 1. The molecule has 1 amide bonds. The molecule has 0 unspecified atom stereocenters. The van der Waals surface area contributed by atoms with Gasteiger partial charge in [0.15, 0.2) is 0 Å². The fraction of sp³-hybridized carbons (Fsp3) is 0.130. The van der Waals surface area contributed by atoms with Crippen LogP contribution in [0.4, 0.5) is 0 Å². The molecule has 0 heterocycles. The van der Waals surface area contributed by atoms with Gasteiger partial charge in [-0.25, -0.2) is 0 Å². The van der Waals surface area contributed by atoms with Gasteiger partial charge in [-0.1, -0.05) is 91.0 Å². The fourth-order valence-corrected chi connectivity index (χ4v) is 6.85. The van der Waals surface area contributed by atoms with Gasteiger partial charge in [0, 0.05) is 11.8 Å². The minimum Gasteiger partial charge on any atom is -0.350 e. The van der Waals surface area contributed by atoms with Crippen molar-refractivity contribution in [3.8, 4) is 0 Å². The predicted molar refractivity (Wildman–Crippen MR) is 114 cm³/mol. The van der Waals surface area contributed by atoms with E-state index in [9.17, 15) is 4.79 Å². The van der Waals surface area contributed by atoms with Gasteiger partial charge < -0.3 is 5.32 Å². The van der Waals surface area contributed by atoms with Gasteiger partial charge in [-0.05, 0) is 36.6 Å². The van der Waals surface area contributed by atoms with Crippen LogP contribution >= 0.6 is 6.89 Å². The van der Waals surface area contributed by atoms with Crippen molar-refractivity contribution >= 4 is 34.5 Å². The first-order valence-corrected chi connectivity index (χ1v) is 10.7. The molecule has 3 aromatic carbocycles. The third kappa shape index (κ3) is 3.81. The summed E-state index contributed by atoms with van der Waals surface area (Å²) in [6.07, 6.45) is 0. The van der Waals surface area contributed by atoms with Gasteiger partial charge in [0.25, 0.3) is 0 Å². The highest BCUT2D eigenvalue weighted by Gasteiger charge is 2.26. The van der Waals surface area contributed by atoms with Crippen LogP contribution in [-0.4, -0.2) is 17.7 Å². The summed E-state index contributed by atoms with van der Waals surface area (Å²) in [7, 11) is 0. The number of rotatable bonds is 5. The van der Waals surface area contributed by atoms with Gasteiger partial charge >= 0.3 is 0 Å². The average molecular weight is 361 g/mol. The highest BCUT2D eigenvalue weighted by atomic mass is 31.2. The number of benzene rings is 3.